The summed E-state index contributed by atoms with van der Waals surface area (Å²) in [4.78, 5) is 0. The smallest absolute Gasteiger partial charge is 0.164 e. The lowest BCUT2D eigenvalue weighted by molar-refractivity contribution is 0.244. The summed E-state index contributed by atoms with van der Waals surface area (Å²) in [5.41, 5.74) is 0.330. The molecule has 1 saturated carbocycles. The molecule has 0 saturated heterocycles. The average Bonchev–Trinajstić information content (AvgIpc) is 2.63. The number of furan rings is 1. The molecule has 1 N–H and O–H groups in total. The number of hydrogen-bond donors (Lipinski definition) is 1. The number of halogens is 1. The van der Waals surface area contributed by atoms with Crippen LogP contribution in [-0.2, 0) is 6.54 Å². The van der Waals surface area contributed by atoms with E-state index in [2.05, 4.69) is 40.9 Å². The van der Waals surface area contributed by atoms with E-state index >= 15 is 0 Å². The molecular formula is C12H18INO. The summed E-state index contributed by atoms with van der Waals surface area (Å²) in [7, 11) is 0. The van der Waals surface area contributed by atoms with Gasteiger partial charge in [0.15, 0.2) is 3.77 Å². The number of rotatable bonds is 3. The van der Waals surface area contributed by atoms with Crippen molar-refractivity contribution in [2.45, 2.75) is 51.1 Å². The van der Waals surface area contributed by atoms with E-state index < -0.39 is 0 Å². The quantitative estimate of drug-likeness (QED) is 0.860. The van der Waals surface area contributed by atoms with Gasteiger partial charge in [-0.2, -0.15) is 0 Å². The van der Waals surface area contributed by atoms with Crippen molar-refractivity contribution in [1.82, 2.24) is 5.32 Å². The van der Waals surface area contributed by atoms with E-state index in [9.17, 15) is 0 Å². The minimum absolute atomic E-state index is 0.330. The Kier molecular flexibility index (Phi) is 3.72. The fourth-order valence-corrected chi connectivity index (χ4v) is 2.72. The van der Waals surface area contributed by atoms with Crippen molar-refractivity contribution in [2.75, 3.05) is 0 Å². The van der Waals surface area contributed by atoms with Gasteiger partial charge in [0.05, 0.1) is 6.54 Å². The predicted octanol–water partition coefficient (Wildman–Crippen LogP) is 3.70. The maximum absolute atomic E-state index is 5.54. The highest BCUT2D eigenvalue weighted by Crippen LogP contribution is 2.27. The molecule has 0 spiro atoms. The van der Waals surface area contributed by atoms with E-state index in [1.54, 1.807) is 0 Å². The molecular weight excluding hydrogens is 301 g/mol. The van der Waals surface area contributed by atoms with Crippen LogP contribution >= 0.6 is 22.6 Å². The Morgan fingerprint density at radius 2 is 2.07 bits per heavy atom. The Hall–Kier alpha value is -0.0300. The molecule has 0 radical (unpaired) electrons. The van der Waals surface area contributed by atoms with E-state index in [1.165, 1.54) is 32.1 Å². The highest BCUT2D eigenvalue weighted by molar-refractivity contribution is 14.1. The molecule has 1 aliphatic carbocycles. The lowest BCUT2D eigenvalue weighted by atomic mass is 9.83. The zero-order chi connectivity index (χ0) is 10.7. The molecule has 1 aromatic heterocycles. The molecule has 2 rings (SSSR count). The van der Waals surface area contributed by atoms with Crippen molar-refractivity contribution in [2.24, 2.45) is 0 Å². The second-order valence-electron chi connectivity index (χ2n) is 4.68. The van der Waals surface area contributed by atoms with Crippen LogP contribution in [0, 0.1) is 3.77 Å². The fourth-order valence-electron chi connectivity index (χ4n) is 2.26. The van der Waals surface area contributed by atoms with E-state index in [-0.39, 0.29) is 0 Å². The topological polar surface area (TPSA) is 25.2 Å². The second kappa shape index (κ2) is 4.87. The first-order valence-corrected chi connectivity index (χ1v) is 6.75. The van der Waals surface area contributed by atoms with Crippen LogP contribution < -0.4 is 5.32 Å². The zero-order valence-corrected chi connectivity index (χ0v) is 11.3. The molecule has 15 heavy (non-hydrogen) atoms. The first kappa shape index (κ1) is 11.5. The predicted molar refractivity (Wildman–Crippen MR) is 69.8 cm³/mol. The summed E-state index contributed by atoms with van der Waals surface area (Å²) in [6, 6.07) is 4.07. The lowest BCUT2D eigenvalue weighted by Crippen LogP contribution is -2.43. The zero-order valence-electron chi connectivity index (χ0n) is 9.18. The molecule has 0 aliphatic heterocycles. The van der Waals surface area contributed by atoms with Crippen molar-refractivity contribution in [3.8, 4) is 0 Å². The van der Waals surface area contributed by atoms with Crippen LogP contribution in [0.25, 0.3) is 0 Å². The minimum Gasteiger partial charge on any atom is -0.454 e. The van der Waals surface area contributed by atoms with Gasteiger partial charge < -0.3 is 9.73 Å². The fraction of sp³-hybridized carbons (Fsp3) is 0.667. The summed E-state index contributed by atoms with van der Waals surface area (Å²) in [5, 5.41) is 3.63. The van der Waals surface area contributed by atoms with Gasteiger partial charge in [-0.3, -0.25) is 0 Å². The van der Waals surface area contributed by atoms with Crippen LogP contribution in [0.4, 0.5) is 0 Å². The average molecular weight is 319 g/mol. The molecule has 1 aromatic rings. The molecule has 0 amide bonds. The van der Waals surface area contributed by atoms with Gasteiger partial charge in [-0.1, -0.05) is 19.3 Å². The Labute approximate surface area is 105 Å². The molecule has 84 valence electrons. The van der Waals surface area contributed by atoms with Crippen LogP contribution in [0.3, 0.4) is 0 Å². The van der Waals surface area contributed by atoms with Crippen molar-refractivity contribution < 1.29 is 4.42 Å². The van der Waals surface area contributed by atoms with Crippen molar-refractivity contribution >= 4 is 22.6 Å². The SMILES string of the molecule is CC1(NCc2ccc(I)o2)CCCCC1. The Morgan fingerprint density at radius 1 is 1.33 bits per heavy atom. The van der Waals surface area contributed by atoms with Gasteiger partial charge in [-0.25, -0.2) is 0 Å². The summed E-state index contributed by atoms with van der Waals surface area (Å²) in [6.45, 7) is 3.19. The van der Waals surface area contributed by atoms with Crippen molar-refractivity contribution in [1.29, 1.82) is 0 Å². The summed E-state index contributed by atoms with van der Waals surface area (Å²) in [5.74, 6) is 1.05. The van der Waals surface area contributed by atoms with Crippen LogP contribution in [0.15, 0.2) is 16.5 Å². The molecule has 1 fully saturated rings. The van der Waals surface area contributed by atoms with E-state index in [0.717, 1.165) is 16.1 Å². The summed E-state index contributed by atoms with van der Waals surface area (Å²) < 4.78 is 6.51. The van der Waals surface area contributed by atoms with Gasteiger partial charge in [-0.05, 0) is 54.5 Å². The molecule has 1 heterocycles. The van der Waals surface area contributed by atoms with E-state index in [1.807, 2.05) is 6.07 Å². The molecule has 1 aliphatic rings. The first-order chi connectivity index (χ1) is 7.18. The van der Waals surface area contributed by atoms with Crippen LogP contribution in [0.5, 0.6) is 0 Å². The standard InChI is InChI=1S/C12H18INO/c1-12(7-3-2-4-8-12)14-9-10-5-6-11(13)15-10/h5-6,14H,2-4,7-9H2,1H3. The molecule has 3 heteroatoms. The van der Waals surface area contributed by atoms with Gasteiger partial charge in [0.1, 0.15) is 5.76 Å². The second-order valence-corrected chi connectivity index (χ2v) is 5.74. The van der Waals surface area contributed by atoms with Crippen LogP contribution in [0.2, 0.25) is 0 Å². The van der Waals surface area contributed by atoms with Gasteiger partial charge >= 0.3 is 0 Å². The molecule has 0 aromatic carbocycles. The number of hydrogen-bond acceptors (Lipinski definition) is 2. The molecule has 0 unspecified atom stereocenters. The Bertz CT molecular complexity index is 315. The number of nitrogens with one attached hydrogen (secondary N) is 1. The van der Waals surface area contributed by atoms with Crippen molar-refractivity contribution in [3.63, 3.8) is 0 Å². The largest absolute Gasteiger partial charge is 0.454 e. The third kappa shape index (κ3) is 3.21. The highest BCUT2D eigenvalue weighted by atomic mass is 127. The van der Waals surface area contributed by atoms with Crippen LogP contribution in [0.1, 0.15) is 44.8 Å². The normalized spacial score (nSPS) is 20.4. The van der Waals surface area contributed by atoms with Gasteiger partial charge in [0.2, 0.25) is 0 Å². The molecule has 2 nitrogen and oxygen atoms in total. The summed E-state index contributed by atoms with van der Waals surface area (Å²) in [6.07, 6.45) is 6.71. The van der Waals surface area contributed by atoms with E-state index in [0.29, 0.717) is 5.54 Å². The lowest BCUT2D eigenvalue weighted by Gasteiger charge is -2.34. The summed E-state index contributed by atoms with van der Waals surface area (Å²) >= 11 is 2.20. The molecule has 0 bridgehead atoms. The molecule has 0 atom stereocenters. The maximum atomic E-state index is 5.54. The monoisotopic (exact) mass is 319 g/mol. The third-order valence-electron chi connectivity index (χ3n) is 3.28. The van der Waals surface area contributed by atoms with E-state index in [4.69, 9.17) is 4.42 Å². The highest BCUT2D eigenvalue weighted by Gasteiger charge is 2.25. The maximum Gasteiger partial charge on any atom is 0.164 e. The van der Waals surface area contributed by atoms with Gasteiger partial charge in [0, 0.05) is 5.54 Å². The Morgan fingerprint density at radius 3 is 2.67 bits per heavy atom. The van der Waals surface area contributed by atoms with Crippen LogP contribution in [-0.4, -0.2) is 5.54 Å². The third-order valence-corrected chi connectivity index (χ3v) is 3.86. The Balaban J connectivity index is 1.86. The van der Waals surface area contributed by atoms with Gasteiger partial charge in [-0.15, -0.1) is 0 Å². The van der Waals surface area contributed by atoms with Crippen molar-refractivity contribution in [3.05, 3.63) is 21.7 Å². The first-order valence-electron chi connectivity index (χ1n) is 5.67. The minimum atomic E-state index is 0.330. The van der Waals surface area contributed by atoms with Gasteiger partial charge in [0.25, 0.3) is 0 Å².